The minimum Gasteiger partial charge on any atom is -0.496 e. The number of benzene rings is 1. The number of hydrogen-bond donors (Lipinski definition) is 2. The van der Waals surface area contributed by atoms with Crippen LogP contribution in [0.25, 0.3) is 0 Å². The average molecular weight is 293 g/mol. The molecule has 1 rings (SSSR count). The molecule has 1 aromatic carbocycles. The molecule has 0 aromatic heterocycles. The van der Waals surface area contributed by atoms with E-state index in [2.05, 4.69) is 37.9 Å². The Bertz CT molecular complexity index is 465. The third kappa shape index (κ3) is 4.93. The minimum atomic E-state index is -0.161. The molecule has 1 amide bonds. The summed E-state index contributed by atoms with van der Waals surface area (Å²) in [6.45, 7) is 10.0. The summed E-state index contributed by atoms with van der Waals surface area (Å²) < 4.78 is 5.20. The quantitative estimate of drug-likeness (QED) is 0.756. The number of carbonyl (C=O) groups is 1. The first-order valence-corrected chi connectivity index (χ1v) is 7.34. The zero-order valence-corrected chi connectivity index (χ0v) is 13.6. The molecule has 5 heteroatoms. The molecule has 0 saturated carbocycles. The molecule has 21 heavy (non-hydrogen) atoms. The van der Waals surface area contributed by atoms with Crippen molar-refractivity contribution in [1.29, 1.82) is 0 Å². The van der Waals surface area contributed by atoms with Gasteiger partial charge in [0.25, 0.3) is 5.91 Å². The van der Waals surface area contributed by atoms with Crippen molar-refractivity contribution < 1.29 is 9.53 Å². The number of methoxy groups -OCH3 is 1. The van der Waals surface area contributed by atoms with E-state index in [9.17, 15) is 4.79 Å². The number of nitrogens with one attached hydrogen (secondary N) is 1. The van der Waals surface area contributed by atoms with Gasteiger partial charge in [0.2, 0.25) is 0 Å². The van der Waals surface area contributed by atoms with Crippen molar-refractivity contribution in [3.05, 3.63) is 23.8 Å². The van der Waals surface area contributed by atoms with Crippen molar-refractivity contribution in [1.82, 2.24) is 10.2 Å². The van der Waals surface area contributed by atoms with E-state index in [0.29, 0.717) is 35.6 Å². The molecule has 0 heterocycles. The van der Waals surface area contributed by atoms with Gasteiger partial charge in [0, 0.05) is 30.9 Å². The Morgan fingerprint density at radius 2 is 1.90 bits per heavy atom. The van der Waals surface area contributed by atoms with E-state index in [-0.39, 0.29) is 5.91 Å². The molecule has 1 aromatic rings. The van der Waals surface area contributed by atoms with Crippen LogP contribution in [0, 0.1) is 0 Å². The Morgan fingerprint density at radius 3 is 2.43 bits per heavy atom. The molecule has 118 valence electrons. The van der Waals surface area contributed by atoms with Crippen LogP contribution in [-0.2, 0) is 0 Å². The van der Waals surface area contributed by atoms with Gasteiger partial charge in [-0.1, -0.05) is 0 Å². The van der Waals surface area contributed by atoms with Gasteiger partial charge >= 0.3 is 0 Å². The summed E-state index contributed by atoms with van der Waals surface area (Å²) in [4.78, 5) is 14.6. The number of anilines is 1. The lowest BCUT2D eigenvalue weighted by Gasteiger charge is -2.30. The summed E-state index contributed by atoms with van der Waals surface area (Å²) in [5, 5.41) is 2.92. The smallest absolute Gasteiger partial charge is 0.255 e. The summed E-state index contributed by atoms with van der Waals surface area (Å²) in [5.41, 5.74) is 6.75. The highest BCUT2D eigenvalue weighted by Crippen LogP contribution is 2.20. The van der Waals surface area contributed by atoms with Gasteiger partial charge in [0.15, 0.2) is 0 Å². The second-order valence-electron chi connectivity index (χ2n) is 5.64. The highest BCUT2D eigenvalue weighted by molar-refractivity contribution is 5.97. The lowest BCUT2D eigenvalue weighted by Crippen LogP contribution is -2.42. The van der Waals surface area contributed by atoms with Gasteiger partial charge in [-0.2, -0.15) is 0 Å². The van der Waals surface area contributed by atoms with Crippen LogP contribution < -0.4 is 15.8 Å². The fourth-order valence-corrected chi connectivity index (χ4v) is 2.41. The van der Waals surface area contributed by atoms with Crippen molar-refractivity contribution in [3.8, 4) is 5.75 Å². The average Bonchev–Trinajstić information content (AvgIpc) is 2.42. The van der Waals surface area contributed by atoms with Gasteiger partial charge in [-0.3, -0.25) is 9.69 Å². The Labute approximate surface area is 127 Å². The number of rotatable bonds is 7. The SMILES string of the molecule is COc1ccc(N)cc1C(=O)NCCN(C(C)C)C(C)C. The molecular weight excluding hydrogens is 266 g/mol. The lowest BCUT2D eigenvalue weighted by atomic mass is 10.1. The maximum absolute atomic E-state index is 12.2. The van der Waals surface area contributed by atoms with Gasteiger partial charge in [-0.15, -0.1) is 0 Å². The number of nitrogens with zero attached hydrogens (tertiary/aromatic N) is 1. The number of ether oxygens (including phenoxy) is 1. The van der Waals surface area contributed by atoms with Crippen LogP contribution in [-0.4, -0.2) is 43.1 Å². The standard InChI is InChI=1S/C16H27N3O2/c1-11(2)19(12(3)4)9-8-18-16(20)14-10-13(17)6-7-15(14)21-5/h6-7,10-12H,8-9,17H2,1-5H3,(H,18,20). The van der Waals surface area contributed by atoms with Crippen molar-refractivity contribution in [2.24, 2.45) is 0 Å². The molecule has 0 spiro atoms. The Balaban J connectivity index is 2.64. The molecule has 0 atom stereocenters. The Kier molecular flexibility index (Phi) is 6.49. The third-order valence-corrected chi connectivity index (χ3v) is 3.45. The molecule has 0 saturated heterocycles. The van der Waals surface area contributed by atoms with Gasteiger partial charge < -0.3 is 15.8 Å². The van der Waals surface area contributed by atoms with Crippen molar-refractivity contribution in [3.63, 3.8) is 0 Å². The third-order valence-electron chi connectivity index (χ3n) is 3.45. The first-order chi connectivity index (χ1) is 9.86. The van der Waals surface area contributed by atoms with E-state index in [4.69, 9.17) is 10.5 Å². The Morgan fingerprint density at radius 1 is 1.29 bits per heavy atom. The van der Waals surface area contributed by atoms with Gasteiger partial charge in [0.05, 0.1) is 12.7 Å². The minimum absolute atomic E-state index is 0.161. The first-order valence-electron chi connectivity index (χ1n) is 7.34. The summed E-state index contributed by atoms with van der Waals surface area (Å²) >= 11 is 0. The van der Waals surface area contributed by atoms with E-state index in [1.54, 1.807) is 25.3 Å². The topological polar surface area (TPSA) is 67.6 Å². The van der Waals surface area contributed by atoms with Gasteiger partial charge in [-0.05, 0) is 45.9 Å². The number of carbonyl (C=O) groups excluding carboxylic acids is 1. The van der Waals surface area contributed by atoms with E-state index in [1.165, 1.54) is 0 Å². The fourth-order valence-electron chi connectivity index (χ4n) is 2.41. The summed E-state index contributed by atoms with van der Waals surface area (Å²) in [5.74, 6) is 0.373. The zero-order valence-electron chi connectivity index (χ0n) is 13.6. The van der Waals surface area contributed by atoms with E-state index in [0.717, 1.165) is 6.54 Å². The monoisotopic (exact) mass is 293 g/mol. The first kappa shape index (κ1) is 17.3. The maximum atomic E-state index is 12.2. The second-order valence-corrected chi connectivity index (χ2v) is 5.64. The fraction of sp³-hybridized carbons (Fsp3) is 0.562. The van der Waals surface area contributed by atoms with E-state index >= 15 is 0 Å². The molecule has 0 bridgehead atoms. The van der Waals surface area contributed by atoms with E-state index < -0.39 is 0 Å². The molecule has 0 aliphatic heterocycles. The second kappa shape index (κ2) is 7.88. The highest BCUT2D eigenvalue weighted by Gasteiger charge is 2.15. The van der Waals surface area contributed by atoms with Crippen LogP contribution in [0.15, 0.2) is 18.2 Å². The molecule has 5 nitrogen and oxygen atoms in total. The van der Waals surface area contributed by atoms with E-state index in [1.807, 2.05) is 0 Å². The van der Waals surface area contributed by atoms with Crippen molar-refractivity contribution in [2.45, 2.75) is 39.8 Å². The molecule has 0 aliphatic carbocycles. The number of amides is 1. The molecule has 0 aliphatic rings. The van der Waals surface area contributed by atoms with Crippen molar-refractivity contribution >= 4 is 11.6 Å². The predicted octanol–water partition coefficient (Wildman–Crippen LogP) is 2.13. The highest BCUT2D eigenvalue weighted by atomic mass is 16.5. The molecule has 0 unspecified atom stereocenters. The van der Waals surface area contributed by atoms with Crippen LogP contribution in [0.1, 0.15) is 38.1 Å². The van der Waals surface area contributed by atoms with Crippen LogP contribution in [0.2, 0.25) is 0 Å². The number of hydrogen-bond acceptors (Lipinski definition) is 4. The molecule has 0 radical (unpaired) electrons. The van der Waals surface area contributed by atoms with Gasteiger partial charge in [-0.25, -0.2) is 0 Å². The zero-order chi connectivity index (χ0) is 16.0. The summed E-state index contributed by atoms with van der Waals surface area (Å²) in [6.07, 6.45) is 0. The normalized spacial score (nSPS) is 11.2. The predicted molar refractivity (Wildman–Crippen MR) is 86.7 cm³/mol. The summed E-state index contributed by atoms with van der Waals surface area (Å²) in [7, 11) is 1.54. The van der Waals surface area contributed by atoms with Crippen LogP contribution in [0.4, 0.5) is 5.69 Å². The van der Waals surface area contributed by atoms with Crippen LogP contribution in [0.3, 0.4) is 0 Å². The summed E-state index contributed by atoms with van der Waals surface area (Å²) in [6, 6.07) is 5.96. The molecule has 3 N–H and O–H groups in total. The largest absolute Gasteiger partial charge is 0.496 e. The van der Waals surface area contributed by atoms with Crippen LogP contribution >= 0.6 is 0 Å². The number of nitrogens with two attached hydrogens (primary N) is 1. The maximum Gasteiger partial charge on any atom is 0.255 e. The molecular formula is C16H27N3O2. The van der Waals surface area contributed by atoms with Crippen molar-refractivity contribution in [2.75, 3.05) is 25.9 Å². The van der Waals surface area contributed by atoms with Crippen LogP contribution in [0.5, 0.6) is 5.75 Å². The number of nitrogen functional groups attached to an aromatic ring is 1. The lowest BCUT2D eigenvalue weighted by molar-refractivity contribution is 0.0936. The molecule has 0 fully saturated rings. The van der Waals surface area contributed by atoms with Gasteiger partial charge in [0.1, 0.15) is 5.75 Å². The Hall–Kier alpha value is -1.75.